The molecule has 0 fully saturated rings. The Balaban J connectivity index is 1.53. The molecule has 0 spiro atoms. The first-order chi connectivity index (χ1) is 20.5. The summed E-state index contributed by atoms with van der Waals surface area (Å²) >= 11 is 0. The summed E-state index contributed by atoms with van der Waals surface area (Å²) in [6.07, 6.45) is 0. The number of fused-ring (bicyclic) bond motifs is 6. The minimum Gasteiger partial charge on any atom is -0.279 e. The van der Waals surface area contributed by atoms with Crippen LogP contribution in [0.2, 0.25) is 0 Å². The molecular weight excluding hydrogens is 516 g/mol. The fraction of sp³-hybridized carbons (Fsp3) is 0.0833. The van der Waals surface area contributed by atoms with Crippen molar-refractivity contribution < 1.29 is 0 Å². The van der Waals surface area contributed by atoms with Gasteiger partial charge in [0.05, 0.1) is 0 Å². The van der Waals surface area contributed by atoms with E-state index in [9.17, 15) is 0 Å². The number of hydrogen-bond acceptors (Lipinski definition) is 6. The Kier molecular flexibility index (Phi) is 6.36. The minimum atomic E-state index is 0.761. The summed E-state index contributed by atoms with van der Waals surface area (Å²) < 4.78 is 0. The molecule has 6 bridgehead atoms. The first-order valence-corrected chi connectivity index (χ1v) is 14.1. The summed E-state index contributed by atoms with van der Waals surface area (Å²) in [6, 6.07) is 43.7. The molecule has 6 aromatic rings. The molecule has 204 valence electrons. The molecular formula is C36H30N6. The molecule has 1 aliphatic heterocycles. The van der Waals surface area contributed by atoms with E-state index in [1.807, 2.05) is 54.6 Å². The van der Waals surface area contributed by atoms with Gasteiger partial charge < -0.3 is 0 Å². The average Bonchev–Trinajstić information content (AvgIpc) is 3.01. The van der Waals surface area contributed by atoms with Crippen molar-refractivity contribution in [2.75, 3.05) is 14.7 Å². The van der Waals surface area contributed by atoms with E-state index >= 15 is 0 Å². The highest BCUT2D eigenvalue weighted by molar-refractivity contribution is 5.81. The zero-order valence-corrected chi connectivity index (χ0v) is 23.8. The van der Waals surface area contributed by atoms with Gasteiger partial charge in [-0.1, -0.05) is 71.3 Å². The van der Waals surface area contributed by atoms with Gasteiger partial charge in [-0.3, -0.25) is 14.7 Å². The summed E-state index contributed by atoms with van der Waals surface area (Å²) in [5.74, 6) is 4.57. The number of hydrogen-bond donors (Lipinski definition) is 0. The van der Waals surface area contributed by atoms with Gasteiger partial charge in [0.15, 0.2) is 0 Å². The molecule has 6 heteroatoms. The third-order valence-corrected chi connectivity index (χ3v) is 7.41. The predicted molar refractivity (Wildman–Crippen MR) is 172 cm³/mol. The molecule has 0 amide bonds. The average molecular weight is 547 g/mol. The molecule has 7 rings (SSSR count). The Morgan fingerprint density at radius 3 is 0.738 bits per heavy atom. The predicted octanol–water partition coefficient (Wildman–Crippen LogP) is 9.52. The quantitative estimate of drug-likeness (QED) is 0.220. The monoisotopic (exact) mass is 546 g/mol. The molecule has 0 radical (unpaired) electrons. The van der Waals surface area contributed by atoms with Crippen molar-refractivity contribution in [1.29, 1.82) is 0 Å². The Morgan fingerprint density at radius 1 is 0.310 bits per heavy atom. The zero-order valence-electron chi connectivity index (χ0n) is 23.8. The summed E-state index contributed by atoms with van der Waals surface area (Å²) in [5.41, 5.74) is 6.51. The molecule has 0 saturated heterocycles. The molecule has 4 heterocycles. The molecule has 1 aliphatic rings. The van der Waals surface area contributed by atoms with Gasteiger partial charge in [-0.2, -0.15) is 0 Å². The lowest BCUT2D eigenvalue weighted by molar-refractivity contribution is 1.04. The highest BCUT2D eigenvalue weighted by atomic mass is 15.3. The lowest BCUT2D eigenvalue weighted by Gasteiger charge is -2.30. The Morgan fingerprint density at radius 2 is 0.524 bits per heavy atom. The number of benzene rings is 3. The molecule has 6 nitrogen and oxygen atoms in total. The maximum absolute atomic E-state index is 5.22. The van der Waals surface area contributed by atoms with Gasteiger partial charge in [0.1, 0.15) is 34.9 Å². The molecule has 0 unspecified atom stereocenters. The number of pyridine rings is 3. The minimum absolute atomic E-state index is 0.761. The Labute approximate surface area is 246 Å². The van der Waals surface area contributed by atoms with Crippen LogP contribution in [-0.2, 0) is 0 Å². The van der Waals surface area contributed by atoms with Gasteiger partial charge in [-0.15, -0.1) is 0 Å². The van der Waals surface area contributed by atoms with Crippen LogP contribution in [0.15, 0.2) is 127 Å². The van der Waals surface area contributed by atoms with Gasteiger partial charge >= 0.3 is 0 Å². The van der Waals surface area contributed by atoms with Crippen molar-refractivity contribution in [1.82, 2.24) is 15.0 Å². The maximum atomic E-state index is 5.22. The van der Waals surface area contributed by atoms with E-state index in [1.165, 1.54) is 16.7 Å². The number of rotatable bonds is 3. The first-order valence-electron chi connectivity index (χ1n) is 14.1. The maximum Gasteiger partial charge on any atom is 0.141 e. The third-order valence-electron chi connectivity index (χ3n) is 7.41. The van der Waals surface area contributed by atoms with Crippen molar-refractivity contribution in [3.05, 3.63) is 144 Å². The van der Waals surface area contributed by atoms with E-state index in [1.54, 1.807) is 0 Å². The Hall–Kier alpha value is -5.49. The van der Waals surface area contributed by atoms with Gasteiger partial charge in [-0.05, 0) is 93.6 Å². The highest BCUT2D eigenvalue weighted by Gasteiger charge is 2.24. The molecule has 3 aromatic carbocycles. The lowest BCUT2D eigenvalue weighted by Crippen LogP contribution is -2.20. The molecule has 3 aromatic heterocycles. The fourth-order valence-corrected chi connectivity index (χ4v) is 5.21. The molecule has 0 N–H and O–H groups in total. The van der Waals surface area contributed by atoms with E-state index < -0.39 is 0 Å². The van der Waals surface area contributed by atoms with E-state index in [0.717, 1.165) is 52.0 Å². The SMILES string of the molecule is Cc1ccc(N2c3cccc(n3)N(c3ccc(C)cc3)c3cccc(n3)N(c3ccc(C)cc3)c3cccc2n3)cc1. The van der Waals surface area contributed by atoms with Gasteiger partial charge in [-0.25, -0.2) is 15.0 Å². The van der Waals surface area contributed by atoms with Crippen LogP contribution in [0.1, 0.15) is 16.7 Å². The van der Waals surface area contributed by atoms with Crippen LogP contribution in [0, 0.1) is 20.8 Å². The second kappa shape index (κ2) is 10.5. The van der Waals surface area contributed by atoms with E-state index in [-0.39, 0.29) is 0 Å². The molecule has 0 atom stereocenters. The molecule has 42 heavy (non-hydrogen) atoms. The molecule has 0 saturated carbocycles. The zero-order chi connectivity index (χ0) is 28.6. The van der Waals surface area contributed by atoms with E-state index in [0.29, 0.717) is 0 Å². The van der Waals surface area contributed by atoms with Crippen LogP contribution in [0.5, 0.6) is 0 Å². The standard InChI is InChI=1S/C36H30N6/c1-25-13-19-28(20-14-25)40-31-7-4-9-33(37-31)41(29-21-15-26(2)16-22-29)35-11-6-12-36(39-35)42(30-23-17-27(3)18-24-30)34-10-5-8-32(40)38-34/h4-24H,1-3H3. The number of aryl methyl sites for hydroxylation is 3. The van der Waals surface area contributed by atoms with Crippen molar-refractivity contribution >= 4 is 52.0 Å². The van der Waals surface area contributed by atoms with Crippen molar-refractivity contribution in [2.24, 2.45) is 0 Å². The van der Waals surface area contributed by atoms with Crippen LogP contribution in [-0.4, -0.2) is 15.0 Å². The van der Waals surface area contributed by atoms with Crippen LogP contribution in [0.3, 0.4) is 0 Å². The summed E-state index contributed by atoms with van der Waals surface area (Å²) in [7, 11) is 0. The fourth-order valence-electron chi connectivity index (χ4n) is 5.21. The van der Waals surface area contributed by atoms with E-state index in [2.05, 4.69) is 108 Å². The van der Waals surface area contributed by atoms with Crippen molar-refractivity contribution in [2.45, 2.75) is 20.8 Å². The third kappa shape index (κ3) is 4.73. The van der Waals surface area contributed by atoms with Crippen LogP contribution in [0.4, 0.5) is 52.0 Å². The van der Waals surface area contributed by atoms with Crippen LogP contribution >= 0.6 is 0 Å². The number of nitrogens with zero attached hydrogens (tertiary/aromatic N) is 6. The summed E-state index contributed by atoms with van der Waals surface area (Å²) in [5, 5.41) is 0. The second-order valence-electron chi connectivity index (χ2n) is 10.6. The largest absolute Gasteiger partial charge is 0.279 e. The lowest BCUT2D eigenvalue weighted by atomic mass is 10.2. The van der Waals surface area contributed by atoms with Gasteiger partial charge in [0.2, 0.25) is 0 Å². The summed E-state index contributed by atoms with van der Waals surface area (Å²) in [6.45, 7) is 6.28. The smallest absolute Gasteiger partial charge is 0.141 e. The van der Waals surface area contributed by atoms with Crippen molar-refractivity contribution in [3.63, 3.8) is 0 Å². The number of anilines is 9. The Bertz CT molecular complexity index is 1590. The second-order valence-corrected chi connectivity index (χ2v) is 10.6. The normalized spacial score (nSPS) is 12.5. The van der Waals surface area contributed by atoms with Crippen molar-refractivity contribution in [3.8, 4) is 0 Å². The topological polar surface area (TPSA) is 48.4 Å². The van der Waals surface area contributed by atoms with Gasteiger partial charge in [0, 0.05) is 17.1 Å². The summed E-state index contributed by atoms with van der Waals surface area (Å²) in [4.78, 5) is 22.0. The van der Waals surface area contributed by atoms with E-state index in [4.69, 9.17) is 15.0 Å². The molecule has 0 aliphatic carbocycles. The van der Waals surface area contributed by atoms with Gasteiger partial charge in [0.25, 0.3) is 0 Å². The van der Waals surface area contributed by atoms with Crippen LogP contribution < -0.4 is 14.7 Å². The van der Waals surface area contributed by atoms with Crippen LogP contribution in [0.25, 0.3) is 0 Å². The number of aromatic nitrogens is 3. The highest BCUT2D eigenvalue weighted by Crippen LogP contribution is 2.41. The first kappa shape index (κ1) is 25.5.